The molecule has 0 amide bonds. The zero-order chi connectivity index (χ0) is 19.1. The summed E-state index contributed by atoms with van der Waals surface area (Å²) in [6, 6.07) is 8.53. The van der Waals surface area contributed by atoms with E-state index in [2.05, 4.69) is 19.9 Å². The van der Waals surface area contributed by atoms with Gasteiger partial charge < -0.3 is 19.7 Å². The second kappa shape index (κ2) is 8.99. The molecule has 138 valence electrons. The Bertz CT molecular complexity index is 815. The van der Waals surface area contributed by atoms with Crippen molar-refractivity contribution in [3.8, 4) is 23.0 Å². The number of aromatic hydroxyl groups is 2. The van der Waals surface area contributed by atoms with Gasteiger partial charge in [-0.2, -0.15) is 0 Å². The molecule has 2 aromatic rings. The summed E-state index contributed by atoms with van der Waals surface area (Å²) in [6.45, 7) is 6.56. The number of phenolic OH excluding ortho intramolecular Hbond substituents is 2. The van der Waals surface area contributed by atoms with E-state index in [1.54, 1.807) is 30.3 Å². The fourth-order valence-electron chi connectivity index (χ4n) is 2.59. The minimum absolute atomic E-state index is 0.102. The van der Waals surface area contributed by atoms with Gasteiger partial charge in [-0.3, -0.25) is 0 Å². The largest absolute Gasteiger partial charge is 0.508 e. The zero-order valence-corrected chi connectivity index (χ0v) is 15.7. The molecule has 0 saturated heterocycles. The molecule has 0 aromatic heterocycles. The van der Waals surface area contributed by atoms with Crippen molar-refractivity contribution in [3.63, 3.8) is 0 Å². The van der Waals surface area contributed by atoms with Crippen LogP contribution in [0.3, 0.4) is 0 Å². The van der Waals surface area contributed by atoms with Gasteiger partial charge in [0.25, 0.3) is 0 Å². The summed E-state index contributed by atoms with van der Waals surface area (Å²) in [6.07, 6.45) is 6.70. The Balaban J connectivity index is 2.44. The van der Waals surface area contributed by atoms with Crippen LogP contribution in [0, 0.1) is 0 Å². The number of methoxy groups -OCH3 is 1. The van der Waals surface area contributed by atoms with Crippen LogP contribution in [0.15, 0.2) is 42.0 Å². The molecule has 0 aliphatic carbocycles. The van der Waals surface area contributed by atoms with Crippen LogP contribution in [0.4, 0.5) is 0 Å². The van der Waals surface area contributed by atoms with E-state index in [1.165, 1.54) is 12.7 Å². The molecule has 0 atom stereocenters. The molecule has 2 N–H and O–H groups in total. The second-order valence-corrected chi connectivity index (χ2v) is 6.19. The van der Waals surface area contributed by atoms with Crippen molar-refractivity contribution < 1.29 is 19.7 Å². The highest BCUT2D eigenvalue weighted by molar-refractivity contribution is 5.74. The molecular formula is C22H26O4. The summed E-state index contributed by atoms with van der Waals surface area (Å²) in [7, 11) is 1.52. The molecular weight excluding hydrogens is 328 g/mol. The van der Waals surface area contributed by atoms with Crippen LogP contribution < -0.4 is 9.47 Å². The minimum atomic E-state index is 0.102. The Hall–Kier alpha value is -2.88. The van der Waals surface area contributed by atoms with Crippen LogP contribution in [0.2, 0.25) is 0 Å². The first kappa shape index (κ1) is 19.4. The lowest BCUT2D eigenvalue weighted by molar-refractivity contribution is 0.334. The average molecular weight is 354 g/mol. The van der Waals surface area contributed by atoms with Crippen LogP contribution in [0.25, 0.3) is 12.2 Å². The first-order valence-corrected chi connectivity index (χ1v) is 8.61. The molecule has 2 aromatic carbocycles. The van der Waals surface area contributed by atoms with Gasteiger partial charge >= 0.3 is 0 Å². The summed E-state index contributed by atoms with van der Waals surface area (Å²) in [5, 5.41) is 19.8. The van der Waals surface area contributed by atoms with Crippen LogP contribution in [-0.4, -0.2) is 23.9 Å². The quantitative estimate of drug-likeness (QED) is 0.531. The average Bonchev–Trinajstić information content (AvgIpc) is 2.60. The summed E-state index contributed by atoms with van der Waals surface area (Å²) in [4.78, 5) is 0. The predicted octanol–water partition coefficient (Wildman–Crippen LogP) is 5.18. The van der Waals surface area contributed by atoms with E-state index in [-0.39, 0.29) is 11.5 Å². The van der Waals surface area contributed by atoms with Crippen LogP contribution >= 0.6 is 0 Å². The van der Waals surface area contributed by atoms with Gasteiger partial charge in [0.1, 0.15) is 11.5 Å². The second-order valence-electron chi connectivity index (χ2n) is 6.19. The Morgan fingerprint density at radius 1 is 1.04 bits per heavy atom. The lowest BCUT2D eigenvalue weighted by atomic mass is 10.00. The Morgan fingerprint density at radius 2 is 1.81 bits per heavy atom. The maximum Gasteiger partial charge on any atom is 0.161 e. The SMILES string of the molecule is CCOc1cc(O)cc(C=Cc2ccc(O)c(OC)c2)c1CC=C(C)C. The number of hydrogen-bond donors (Lipinski definition) is 2. The van der Waals surface area contributed by atoms with E-state index < -0.39 is 0 Å². The summed E-state index contributed by atoms with van der Waals surface area (Å²) < 4.78 is 10.9. The lowest BCUT2D eigenvalue weighted by Crippen LogP contribution is -1.98. The first-order valence-electron chi connectivity index (χ1n) is 8.61. The van der Waals surface area contributed by atoms with Crippen molar-refractivity contribution in [2.45, 2.75) is 27.2 Å². The molecule has 0 fully saturated rings. The van der Waals surface area contributed by atoms with E-state index in [0.29, 0.717) is 18.1 Å². The first-order chi connectivity index (χ1) is 12.4. The minimum Gasteiger partial charge on any atom is -0.508 e. The Labute approximate surface area is 155 Å². The smallest absolute Gasteiger partial charge is 0.161 e. The van der Waals surface area contributed by atoms with Gasteiger partial charge in [0.15, 0.2) is 11.5 Å². The molecule has 26 heavy (non-hydrogen) atoms. The number of phenols is 2. The molecule has 0 spiro atoms. The highest BCUT2D eigenvalue weighted by Crippen LogP contribution is 2.32. The Kier molecular flexibility index (Phi) is 6.73. The van der Waals surface area contributed by atoms with Gasteiger partial charge in [0, 0.05) is 11.6 Å². The van der Waals surface area contributed by atoms with E-state index in [0.717, 1.165) is 23.1 Å². The fourth-order valence-corrected chi connectivity index (χ4v) is 2.59. The van der Waals surface area contributed by atoms with Crippen molar-refractivity contribution in [3.05, 3.63) is 58.7 Å². The highest BCUT2D eigenvalue weighted by atomic mass is 16.5. The maximum atomic E-state index is 10.1. The molecule has 0 unspecified atom stereocenters. The third kappa shape index (κ3) is 5.06. The normalized spacial score (nSPS) is 10.8. The third-order valence-corrected chi connectivity index (χ3v) is 3.90. The van der Waals surface area contributed by atoms with Crippen LogP contribution in [-0.2, 0) is 6.42 Å². The van der Waals surface area contributed by atoms with Crippen molar-refractivity contribution in [1.82, 2.24) is 0 Å². The van der Waals surface area contributed by atoms with E-state index >= 15 is 0 Å². The lowest BCUT2D eigenvalue weighted by Gasteiger charge is -2.13. The molecule has 2 rings (SSSR count). The molecule has 0 bridgehead atoms. The standard InChI is InChI=1S/C22H26O4/c1-5-26-21-14-18(23)13-17(19(21)10-6-15(2)3)9-7-16-8-11-20(24)22(12-16)25-4/h6-9,11-14,23-24H,5,10H2,1-4H3. The van der Waals surface area contributed by atoms with Crippen molar-refractivity contribution >= 4 is 12.2 Å². The summed E-state index contributed by atoms with van der Waals surface area (Å²) in [5.74, 6) is 1.37. The number of allylic oxidation sites excluding steroid dienone is 2. The monoisotopic (exact) mass is 354 g/mol. The fraction of sp³-hybridized carbons (Fsp3) is 0.273. The number of benzene rings is 2. The summed E-state index contributed by atoms with van der Waals surface area (Å²) in [5.41, 5.74) is 4.01. The van der Waals surface area contributed by atoms with E-state index in [9.17, 15) is 10.2 Å². The van der Waals surface area contributed by atoms with E-state index in [4.69, 9.17) is 9.47 Å². The maximum absolute atomic E-state index is 10.1. The molecule has 0 radical (unpaired) electrons. The number of rotatable bonds is 7. The predicted molar refractivity (Wildman–Crippen MR) is 106 cm³/mol. The van der Waals surface area contributed by atoms with Crippen LogP contribution in [0.5, 0.6) is 23.0 Å². The van der Waals surface area contributed by atoms with Gasteiger partial charge in [-0.15, -0.1) is 0 Å². The van der Waals surface area contributed by atoms with Gasteiger partial charge in [0.05, 0.1) is 13.7 Å². The molecule has 0 aliphatic rings. The van der Waals surface area contributed by atoms with Gasteiger partial charge in [-0.1, -0.05) is 29.9 Å². The van der Waals surface area contributed by atoms with Crippen LogP contribution in [0.1, 0.15) is 37.5 Å². The third-order valence-electron chi connectivity index (χ3n) is 3.90. The zero-order valence-electron chi connectivity index (χ0n) is 15.7. The number of hydrogen-bond acceptors (Lipinski definition) is 4. The molecule has 0 heterocycles. The number of ether oxygens (including phenoxy) is 2. The van der Waals surface area contributed by atoms with Crippen molar-refractivity contribution in [1.29, 1.82) is 0 Å². The van der Waals surface area contributed by atoms with Gasteiger partial charge in [0.2, 0.25) is 0 Å². The Morgan fingerprint density at radius 3 is 2.46 bits per heavy atom. The summed E-state index contributed by atoms with van der Waals surface area (Å²) >= 11 is 0. The van der Waals surface area contributed by atoms with Gasteiger partial charge in [-0.25, -0.2) is 0 Å². The van der Waals surface area contributed by atoms with Crippen molar-refractivity contribution in [2.75, 3.05) is 13.7 Å². The molecule has 0 saturated carbocycles. The molecule has 0 aliphatic heterocycles. The van der Waals surface area contributed by atoms with Gasteiger partial charge in [-0.05, 0) is 56.5 Å². The highest BCUT2D eigenvalue weighted by Gasteiger charge is 2.10. The van der Waals surface area contributed by atoms with Crippen molar-refractivity contribution in [2.24, 2.45) is 0 Å². The molecule has 4 nitrogen and oxygen atoms in total. The topological polar surface area (TPSA) is 58.9 Å². The van der Waals surface area contributed by atoms with E-state index in [1.807, 2.05) is 19.1 Å². The molecule has 4 heteroatoms.